The maximum Gasteiger partial charge on any atom is 0.0236 e. The Morgan fingerprint density at radius 2 is 1.46 bits per heavy atom. The molecule has 5 rings (SSSR count). The van der Waals surface area contributed by atoms with Crippen molar-refractivity contribution in [1.82, 2.24) is 4.90 Å². The van der Waals surface area contributed by atoms with E-state index in [4.69, 9.17) is 0 Å². The summed E-state index contributed by atoms with van der Waals surface area (Å²) < 4.78 is 0. The maximum absolute atomic E-state index is 2.51. The highest BCUT2D eigenvalue weighted by molar-refractivity contribution is 5.90. The van der Waals surface area contributed by atoms with Gasteiger partial charge in [0.2, 0.25) is 0 Å². The van der Waals surface area contributed by atoms with Crippen molar-refractivity contribution in [3.05, 3.63) is 82.4 Å². The van der Waals surface area contributed by atoms with E-state index in [1.807, 2.05) is 0 Å². The predicted octanol–water partition coefficient (Wildman–Crippen LogP) is 5.67. The molecule has 0 unspecified atom stereocenters. The summed E-state index contributed by atoms with van der Waals surface area (Å²) in [6, 6.07) is 20.6. The number of hydrogen-bond acceptors (Lipinski definition) is 1. The molecule has 0 N–H and O–H groups in total. The minimum absolute atomic E-state index is 1.06. The SMILES string of the molecule is CCN(CC)Cc1cccc2c1Cc1c-2ccc2c1-c1ccccc1C2. The Morgan fingerprint density at radius 1 is 0.692 bits per heavy atom. The van der Waals surface area contributed by atoms with E-state index in [9.17, 15) is 0 Å². The summed E-state index contributed by atoms with van der Waals surface area (Å²) in [7, 11) is 0. The molecule has 0 heterocycles. The number of fused-ring (bicyclic) bond motifs is 7. The topological polar surface area (TPSA) is 3.24 Å². The zero-order valence-corrected chi connectivity index (χ0v) is 15.7. The monoisotopic (exact) mass is 339 g/mol. The Balaban J connectivity index is 1.63. The fraction of sp³-hybridized carbons (Fsp3) is 0.280. The van der Waals surface area contributed by atoms with Crippen LogP contribution < -0.4 is 0 Å². The Morgan fingerprint density at radius 3 is 2.31 bits per heavy atom. The van der Waals surface area contributed by atoms with Crippen LogP contribution in [-0.4, -0.2) is 18.0 Å². The number of benzene rings is 3. The molecule has 3 aromatic rings. The molecule has 0 radical (unpaired) electrons. The molecule has 26 heavy (non-hydrogen) atoms. The first-order chi connectivity index (χ1) is 12.8. The van der Waals surface area contributed by atoms with Crippen molar-refractivity contribution in [3.63, 3.8) is 0 Å². The summed E-state index contributed by atoms with van der Waals surface area (Å²) >= 11 is 0. The van der Waals surface area contributed by atoms with Crippen LogP contribution in [0.1, 0.15) is 41.7 Å². The Kier molecular flexibility index (Phi) is 3.72. The van der Waals surface area contributed by atoms with Gasteiger partial charge in [-0.15, -0.1) is 0 Å². The Bertz CT molecular complexity index is 995. The van der Waals surface area contributed by atoms with Crippen LogP contribution in [0, 0.1) is 0 Å². The van der Waals surface area contributed by atoms with E-state index in [-0.39, 0.29) is 0 Å². The smallest absolute Gasteiger partial charge is 0.0236 e. The van der Waals surface area contributed by atoms with Gasteiger partial charge in [0, 0.05) is 6.54 Å². The summed E-state index contributed by atoms with van der Waals surface area (Å²) in [4.78, 5) is 2.51. The largest absolute Gasteiger partial charge is 0.300 e. The molecule has 0 amide bonds. The van der Waals surface area contributed by atoms with Gasteiger partial charge in [0.1, 0.15) is 0 Å². The van der Waals surface area contributed by atoms with Crippen LogP contribution in [0.2, 0.25) is 0 Å². The molecular weight excluding hydrogens is 314 g/mol. The highest BCUT2D eigenvalue weighted by atomic mass is 15.1. The van der Waals surface area contributed by atoms with E-state index in [2.05, 4.69) is 73.3 Å². The predicted molar refractivity (Wildman–Crippen MR) is 110 cm³/mol. The van der Waals surface area contributed by atoms with Crippen LogP contribution in [0.3, 0.4) is 0 Å². The average Bonchev–Trinajstić information content (AvgIpc) is 3.24. The molecule has 130 valence electrons. The van der Waals surface area contributed by atoms with Crippen molar-refractivity contribution in [2.24, 2.45) is 0 Å². The van der Waals surface area contributed by atoms with Gasteiger partial charge in [-0.3, -0.25) is 4.90 Å². The molecule has 0 atom stereocenters. The maximum atomic E-state index is 2.51. The molecule has 0 saturated carbocycles. The van der Waals surface area contributed by atoms with Crippen molar-refractivity contribution in [2.75, 3.05) is 13.1 Å². The Hall–Kier alpha value is -2.38. The minimum Gasteiger partial charge on any atom is -0.300 e. The molecule has 3 aromatic carbocycles. The molecule has 0 aliphatic heterocycles. The van der Waals surface area contributed by atoms with Gasteiger partial charge in [0.25, 0.3) is 0 Å². The first kappa shape index (κ1) is 15.8. The van der Waals surface area contributed by atoms with Gasteiger partial charge >= 0.3 is 0 Å². The van der Waals surface area contributed by atoms with E-state index < -0.39 is 0 Å². The highest BCUT2D eigenvalue weighted by Crippen LogP contribution is 2.48. The molecule has 1 nitrogen and oxygen atoms in total. The second-order valence-electron chi connectivity index (χ2n) is 7.54. The van der Waals surface area contributed by atoms with Gasteiger partial charge in [-0.25, -0.2) is 0 Å². The zero-order chi connectivity index (χ0) is 17.7. The fourth-order valence-electron chi connectivity index (χ4n) is 4.85. The lowest BCUT2D eigenvalue weighted by atomic mass is 9.95. The van der Waals surface area contributed by atoms with Crippen molar-refractivity contribution in [2.45, 2.75) is 33.2 Å². The fourth-order valence-corrected chi connectivity index (χ4v) is 4.85. The first-order valence-electron chi connectivity index (χ1n) is 9.86. The molecule has 2 aliphatic carbocycles. The summed E-state index contributed by atoms with van der Waals surface area (Å²) in [5, 5.41) is 0. The normalized spacial score (nSPS) is 13.5. The van der Waals surface area contributed by atoms with Crippen LogP contribution in [0.4, 0.5) is 0 Å². The van der Waals surface area contributed by atoms with Crippen LogP contribution in [-0.2, 0) is 19.4 Å². The lowest BCUT2D eigenvalue weighted by Crippen LogP contribution is -2.22. The number of hydrogen-bond donors (Lipinski definition) is 0. The first-order valence-corrected chi connectivity index (χ1v) is 9.86. The van der Waals surface area contributed by atoms with Gasteiger partial charge < -0.3 is 0 Å². The van der Waals surface area contributed by atoms with Crippen LogP contribution >= 0.6 is 0 Å². The van der Waals surface area contributed by atoms with Crippen molar-refractivity contribution < 1.29 is 0 Å². The lowest BCUT2D eigenvalue weighted by molar-refractivity contribution is 0.295. The second-order valence-corrected chi connectivity index (χ2v) is 7.54. The summed E-state index contributed by atoms with van der Waals surface area (Å²) in [6.45, 7) is 7.78. The quantitative estimate of drug-likeness (QED) is 0.408. The third-order valence-electron chi connectivity index (χ3n) is 6.27. The third kappa shape index (κ3) is 2.27. The Labute approximate surface area is 156 Å². The van der Waals surface area contributed by atoms with E-state index in [0.717, 1.165) is 32.5 Å². The van der Waals surface area contributed by atoms with Gasteiger partial charge in [-0.2, -0.15) is 0 Å². The minimum atomic E-state index is 1.06. The van der Waals surface area contributed by atoms with Crippen molar-refractivity contribution in [3.8, 4) is 22.3 Å². The highest BCUT2D eigenvalue weighted by Gasteiger charge is 2.29. The molecule has 0 bridgehead atoms. The molecule has 0 saturated heterocycles. The van der Waals surface area contributed by atoms with Gasteiger partial charge in [-0.1, -0.05) is 68.4 Å². The van der Waals surface area contributed by atoms with E-state index in [1.165, 1.54) is 38.9 Å². The number of rotatable bonds is 4. The zero-order valence-electron chi connectivity index (χ0n) is 15.7. The molecule has 2 aliphatic rings. The van der Waals surface area contributed by atoms with Crippen molar-refractivity contribution >= 4 is 0 Å². The molecular formula is C25H25N. The van der Waals surface area contributed by atoms with Crippen LogP contribution in [0.5, 0.6) is 0 Å². The van der Waals surface area contributed by atoms with E-state index in [1.54, 1.807) is 11.1 Å². The van der Waals surface area contributed by atoms with Crippen LogP contribution in [0.15, 0.2) is 54.6 Å². The second kappa shape index (κ2) is 6.10. The van der Waals surface area contributed by atoms with E-state index in [0.29, 0.717) is 0 Å². The van der Waals surface area contributed by atoms with E-state index >= 15 is 0 Å². The van der Waals surface area contributed by atoms with Gasteiger partial charge in [-0.05, 0) is 76.0 Å². The van der Waals surface area contributed by atoms with Gasteiger partial charge in [0.15, 0.2) is 0 Å². The molecule has 0 aromatic heterocycles. The summed E-state index contributed by atoms with van der Waals surface area (Å²) in [6.07, 6.45) is 2.17. The van der Waals surface area contributed by atoms with Crippen molar-refractivity contribution in [1.29, 1.82) is 0 Å². The average molecular weight is 339 g/mol. The third-order valence-corrected chi connectivity index (χ3v) is 6.27. The van der Waals surface area contributed by atoms with Gasteiger partial charge in [0.05, 0.1) is 0 Å². The molecule has 0 fully saturated rings. The summed E-state index contributed by atoms with van der Waals surface area (Å²) in [5.74, 6) is 0. The standard InChI is InChI=1S/C25H25N/c1-3-26(4-2)16-19-9-7-11-21-22-13-12-18-14-17-8-5-6-10-20(17)25(18)24(22)15-23(19)21/h5-13H,3-4,14-16H2,1-2H3. The molecule has 1 heteroatoms. The number of nitrogens with zero attached hydrogens (tertiary/aromatic N) is 1. The summed E-state index contributed by atoms with van der Waals surface area (Å²) in [5.41, 5.74) is 13.5. The lowest BCUT2D eigenvalue weighted by Gasteiger charge is -2.20. The molecule has 0 spiro atoms. The van der Waals surface area contributed by atoms with Crippen LogP contribution in [0.25, 0.3) is 22.3 Å².